The fraction of sp³-hybridized carbons (Fsp3) is 0.308. The minimum Gasteiger partial charge on any atom is -0.343 e. The molecule has 0 bridgehead atoms. The maximum Gasteiger partial charge on any atom is 0.282 e. The van der Waals surface area contributed by atoms with Crippen molar-refractivity contribution in [3.05, 3.63) is 82.7 Å². The van der Waals surface area contributed by atoms with Crippen LogP contribution in [-0.4, -0.2) is 86.4 Å². The van der Waals surface area contributed by atoms with Gasteiger partial charge in [-0.3, -0.25) is 19.5 Å². The third-order valence-corrected chi connectivity index (χ3v) is 7.74. The van der Waals surface area contributed by atoms with Crippen molar-refractivity contribution >= 4 is 34.1 Å². The van der Waals surface area contributed by atoms with Gasteiger partial charge < -0.3 is 14.4 Å². The number of amides is 2. The highest BCUT2D eigenvalue weighted by Gasteiger charge is 2.37. The number of likely N-dealkylation sites (tertiary alicyclic amines) is 1. The SMILES string of the molecule is O=C(c1ccc2c(ccn2Cc2cccnc2)c1)N1CC(N2CCN(C(=O)c3nccs3)CC2)C1. The van der Waals surface area contributed by atoms with Gasteiger partial charge in [0.05, 0.1) is 0 Å². The quantitative estimate of drug-likeness (QED) is 0.434. The van der Waals surface area contributed by atoms with E-state index in [-0.39, 0.29) is 11.8 Å². The Morgan fingerprint density at radius 1 is 0.971 bits per heavy atom. The summed E-state index contributed by atoms with van der Waals surface area (Å²) < 4.78 is 2.18. The minimum atomic E-state index is 0.0229. The highest BCUT2D eigenvalue weighted by molar-refractivity contribution is 7.11. The monoisotopic (exact) mass is 486 g/mol. The van der Waals surface area contributed by atoms with Gasteiger partial charge in [-0.05, 0) is 35.9 Å². The van der Waals surface area contributed by atoms with E-state index in [1.807, 2.05) is 45.6 Å². The van der Waals surface area contributed by atoms with E-state index in [1.54, 1.807) is 12.4 Å². The van der Waals surface area contributed by atoms with Gasteiger partial charge in [0.1, 0.15) is 0 Å². The number of rotatable bonds is 5. The van der Waals surface area contributed by atoms with E-state index < -0.39 is 0 Å². The average Bonchev–Trinajstić information content (AvgIpc) is 3.54. The van der Waals surface area contributed by atoms with Crippen molar-refractivity contribution in [2.24, 2.45) is 0 Å². The number of nitrogens with zero attached hydrogens (tertiary/aromatic N) is 6. The van der Waals surface area contributed by atoms with Crippen LogP contribution in [0.2, 0.25) is 0 Å². The summed E-state index contributed by atoms with van der Waals surface area (Å²) in [5, 5.41) is 3.46. The third kappa shape index (κ3) is 4.33. The number of hydrogen-bond donors (Lipinski definition) is 0. The fourth-order valence-corrected chi connectivity index (χ4v) is 5.55. The maximum atomic E-state index is 13.1. The summed E-state index contributed by atoms with van der Waals surface area (Å²) in [5.74, 6) is 0.107. The second-order valence-electron chi connectivity index (χ2n) is 9.11. The first kappa shape index (κ1) is 21.9. The highest BCUT2D eigenvalue weighted by atomic mass is 32.1. The smallest absolute Gasteiger partial charge is 0.282 e. The van der Waals surface area contributed by atoms with Crippen LogP contribution in [0.5, 0.6) is 0 Å². The van der Waals surface area contributed by atoms with Crippen LogP contribution in [0.25, 0.3) is 10.9 Å². The number of carbonyl (C=O) groups excluding carboxylic acids is 2. The molecule has 2 saturated heterocycles. The van der Waals surface area contributed by atoms with E-state index in [4.69, 9.17) is 0 Å². The first-order valence-corrected chi connectivity index (χ1v) is 12.7. The molecule has 0 aliphatic carbocycles. The summed E-state index contributed by atoms with van der Waals surface area (Å²) in [6.45, 7) is 5.30. The molecule has 0 atom stereocenters. The van der Waals surface area contributed by atoms with Gasteiger partial charge in [0.15, 0.2) is 5.01 Å². The van der Waals surface area contributed by atoms with E-state index in [2.05, 4.69) is 37.8 Å². The van der Waals surface area contributed by atoms with E-state index in [1.165, 1.54) is 11.3 Å². The molecular weight excluding hydrogens is 460 g/mol. The van der Waals surface area contributed by atoms with Crippen molar-refractivity contribution in [1.29, 1.82) is 0 Å². The molecule has 2 fully saturated rings. The van der Waals surface area contributed by atoms with Gasteiger partial charge in [-0.15, -0.1) is 11.3 Å². The lowest BCUT2D eigenvalue weighted by atomic mass is 10.0. The Morgan fingerprint density at radius 3 is 2.57 bits per heavy atom. The van der Waals surface area contributed by atoms with Gasteiger partial charge in [0, 0.05) is 98.5 Å². The molecule has 2 aliphatic heterocycles. The van der Waals surface area contributed by atoms with Crippen molar-refractivity contribution < 1.29 is 9.59 Å². The standard InChI is InChI=1S/C26H26N6O2S/c33-25(21-3-4-23-20(14-21)5-8-31(23)16-19-2-1-6-27-15-19)32-17-22(18-32)29-9-11-30(12-10-29)26(34)24-28-7-13-35-24/h1-8,13-15,22H,9-12,16-18H2. The molecule has 0 saturated carbocycles. The third-order valence-electron chi connectivity index (χ3n) is 6.98. The van der Waals surface area contributed by atoms with Gasteiger partial charge in [-0.2, -0.15) is 0 Å². The normalized spacial score (nSPS) is 17.0. The highest BCUT2D eigenvalue weighted by Crippen LogP contribution is 2.24. The van der Waals surface area contributed by atoms with Crippen LogP contribution in [0.15, 0.2) is 66.6 Å². The molecule has 0 radical (unpaired) electrons. The zero-order valence-electron chi connectivity index (χ0n) is 19.3. The summed E-state index contributed by atoms with van der Waals surface area (Å²) in [5.41, 5.74) is 2.98. The fourth-order valence-electron chi connectivity index (χ4n) is 4.95. The van der Waals surface area contributed by atoms with E-state index in [0.717, 1.165) is 54.8 Å². The number of thiazole rings is 1. The molecule has 2 amide bonds. The Labute approximate surface area is 207 Å². The predicted molar refractivity (Wildman–Crippen MR) is 135 cm³/mol. The molecule has 8 nitrogen and oxygen atoms in total. The summed E-state index contributed by atoms with van der Waals surface area (Å²) in [4.78, 5) is 40.1. The molecule has 1 aromatic carbocycles. The van der Waals surface area contributed by atoms with E-state index in [0.29, 0.717) is 24.1 Å². The average molecular weight is 487 g/mol. The lowest BCUT2D eigenvalue weighted by Crippen LogP contribution is -2.64. The Bertz CT molecular complexity index is 1340. The molecular formula is C26H26N6O2S. The number of aromatic nitrogens is 3. The molecule has 2 aliphatic rings. The molecule has 35 heavy (non-hydrogen) atoms. The molecule has 0 N–H and O–H groups in total. The lowest BCUT2D eigenvalue weighted by molar-refractivity contribution is 0.00854. The molecule has 0 unspecified atom stereocenters. The topological polar surface area (TPSA) is 74.6 Å². The second-order valence-corrected chi connectivity index (χ2v) is 10.0. The van der Waals surface area contributed by atoms with E-state index >= 15 is 0 Å². The molecule has 0 spiro atoms. The van der Waals surface area contributed by atoms with E-state index in [9.17, 15) is 9.59 Å². The number of piperazine rings is 1. The van der Waals surface area contributed by atoms with Gasteiger partial charge in [-0.1, -0.05) is 6.07 Å². The minimum absolute atomic E-state index is 0.0229. The van der Waals surface area contributed by atoms with Gasteiger partial charge in [0.2, 0.25) is 0 Å². The summed E-state index contributed by atoms with van der Waals surface area (Å²) in [6, 6.07) is 12.4. The Kier molecular flexibility index (Phi) is 5.79. The Balaban J connectivity index is 1.04. The maximum absolute atomic E-state index is 13.1. The number of hydrogen-bond acceptors (Lipinski definition) is 6. The Hall–Kier alpha value is -3.56. The summed E-state index contributed by atoms with van der Waals surface area (Å²) in [6.07, 6.45) is 7.39. The molecule has 5 heterocycles. The van der Waals surface area contributed by atoms with Crippen LogP contribution in [0.3, 0.4) is 0 Å². The van der Waals surface area contributed by atoms with Crippen LogP contribution >= 0.6 is 11.3 Å². The van der Waals surface area contributed by atoms with Crippen LogP contribution in [0, 0.1) is 0 Å². The molecule has 3 aromatic heterocycles. The van der Waals surface area contributed by atoms with Crippen LogP contribution in [0.1, 0.15) is 25.7 Å². The molecule has 9 heteroatoms. The van der Waals surface area contributed by atoms with Crippen molar-refractivity contribution in [2.45, 2.75) is 12.6 Å². The van der Waals surface area contributed by atoms with Crippen LogP contribution in [-0.2, 0) is 6.54 Å². The summed E-state index contributed by atoms with van der Waals surface area (Å²) >= 11 is 1.39. The largest absolute Gasteiger partial charge is 0.343 e. The number of benzene rings is 1. The van der Waals surface area contributed by atoms with Crippen molar-refractivity contribution in [1.82, 2.24) is 29.2 Å². The van der Waals surface area contributed by atoms with Gasteiger partial charge in [0.25, 0.3) is 11.8 Å². The van der Waals surface area contributed by atoms with Crippen molar-refractivity contribution in [3.8, 4) is 0 Å². The zero-order valence-corrected chi connectivity index (χ0v) is 20.1. The molecule has 178 valence electrons. The first-order chi connectivity index (χ1) is 17.2. The predicted octanol–water partition coefficient (Wildman–Crippen LogP) is 2.82. The molecule has 4 aromatic rings. The number of pyridine rings is 1. The second kappa shape index (κ2) is 9.24. The zero-order chi connectivity index (χ0) is 23.8. The van der Waals surface area contributed by atoms with Gasteiger partial charge in [-0.25, -0.2) is 4.98 Å². The van der Waals surface area contributed by atoms with Crippen LogP contribution in [0.4, 0.5) is 0 Å². The number of fused-ring (bicyclic) bond motifs is 1. The summed E-state index contributed by atoms with van der Waals surface area (Å²) in [7, 11) is 0. The van der Waals surface area contributed by atoms with Crippen LogP contribution < -0.4 is 0 Å². The lowest BCUT2D eigenvalue weighted by Gasteiger charge is -2.48. The van der Waals surface area contributed by atoms with Crippen molar-refractivity contribution in [3.63, 3.8) is 0 Å². The van der Waals surface area contributed by atoms with Gasteiger partial charge >= 0.3 is 0 Å². The number of carbonyl (C=O) groups is 2. The first-order valence-electron chi connectivity index (χ1n) is 11.9. The molecule has 6 rings (SSSR count). The van der Waals surface area contributed by atoms with Crippen molar-refractivity contribution in [2.75, 3.05) is 39.3 Å². The Morgan fingerprint density at radius 2 is 1.83 bits per heavy atom.